The van der Waals surface area contributed by atoms with Crippen molar-refractivity contribution in [2.24, 2.45) is 0 Å². The monoisotopic (exact) mass is 238 g/mol. The van der Waals surface area contributed by atoms with E-state index in [2.05, 4.69) is 24.5 Å². The van der Waals surface area contributed by atoms with Gasteiger partial charge < -0.3 is 15.1 Å². The summed E-state index contributed by atoms with van der Waals surface area (Å²) in [7, 11) is 0. The fraction of sp³-hybridized carbons (Fsp3) is 0.615. The Morgan fingerprint density at radius 3 is 2.76 bits per heavy atom. The molecule has 0 aliphatic rings. The quantitative estimate of drug-likeness (QED) is 0.760. The molecule has 2 unspecified atom stereocenters. The standard InChI is InChI=1S/C13H22N2O2/c1-4-10(2)14-9-13(16)15-11(3)8-12-6-5-7-17-12/h5-7,10-11,14H,4,8-9H2,1-3H3,(H,15,16). The van der Waals surface area contributed by atoms with E-state index in [1.54, 1.807) is 6.26 Å². The first kappa shape index (κ1) is 13.8. The normalized spacial score (nSPS) is 14.3. The molecule has 1 rings (SSSR count). The van der Waals surface area contributed by atoms with Gasteiger partial charge in [0.15, 0.2) is 0 Å². The molecule has 0 radical (unpaired) electrons. The van der Waals surface area contributed by atoms with Crippen molar-refractivity contribution >= 4 is 5.91 Å². The summed E-state index contributed by atoms with van der Waals surface area (Å²) in [6.07, 6.45) is 3.39. The summed E-state index contributed by atoms with van der Waals surface area (Å²) in [4.78, 5) is 11.6. The van der Waals surface area contributed by atoms with Crippen molar-refractivity contribution in [2.75, 3.05) is 6.54 Å². The fourth-order valence-electron chi connectivity index (χ4n) is 1.52. The molecule has 4 nitrogen and oxygen atoms in total. The molecule has 1 amide bonds. The highest BCUT2D eigenvalue weighted by Crippen LogP contribution is 2.03. The van der Waals surface area contributed by atoms with Crippen molar-refractivity contribution in [1.82, 2.24) is 10.6 Å². The summed E-state index contributed by atoms with van der Waals surface area (Å²) in [6, 6.07) is 4.24. The van der Waals surface area contributed by atoms with Crippen molar-refractivity contribution in [3.05, 3.63) is 24.2 Å². The maximum atomic E-state index is 11.6. The highest BCUT2D eigenvalue weighted by molar-refractivity contribution is 5.78. The van der Waals surface area contributed by atoms with Gasteiger partial charge in [0.1, 0.15) is 5.76 Å². The average Bonchev–Trinajstić information content (AvgIpc) is 2.78. The minimum Gasteiger partial charge on any atom is -0.469 e. The fourth-order valence-corrected chi connectivity index (χ4v) is 1.52. The molecule has 0 spiro atoms. The number of carbonyl (C=O) groups excluding carboxylic acids is 1. The van der Waals surface area contributed by atoms with Gasteiger partial charge in [-0.15, -0.1) is 0 Å². The van der Waals surface area contributed by atoms with E-state index in [-0.39, 0.29) is 11.9 Å². The van der Waals surface area contributed by atoms with Gasteiger partial charge in [0, 0.05) is 18.5 Å². The Labute approximate surface area is 103 Å². The van der Waals surface area contributed by atoms with Crippen LogP contribution in [0.15, 0.2) is 22.8 Å². The first-order valence-electron chi connectivity index (χ1n) is 6.17. The van der Waals surface area contributed by atoms with Gasteiger partial charge in [-0.05, 0) is 32.4 Å². The predicted molar refractivity (Wildman–Crippen MR) is 67.8 cm³/mol. The van der Waals surface area contributed by atoms with Gasteiger partial charge in [-0.2, -0.15) is 0 Å². The van der Waals surface area contributed by atoms with Gasteiger partial charge in [0.2, 0.25) is 5.91 Å². The molecular formula is C13H22N2O2. The molecule has 2 N–H and O–H groups in total. The van der Waals surface area contributed by atoms with Crippen molar-refractivity contribution < 1.29 is 9.21 Å². The Hall–Kier alpha value is -1.29. The number of furan rings is 1. The molecule has 0 bridgehead atoms. The van der Waals surface area contributed by atoms with Crippen LogP contribution in [-0.4, -0.2) is 24.5 Å². The number of hydrogen-bond acceptors (Lipinski definition) is 3. The summed E-state index contributed by atoms with van der Waals surface area (Å²) in [5.74, 6) is 0.928. The number of hydrogen-bond donors (Lipinski definition) is 2. The first-order valence-corrected chi connectivity index (χ1v) is 6.17. The second-order valence-electron chi connectivity index (χ2n) is 4.44. The van der Waals surface area contributed by atoms with Crippen LogP contribution in [0.4, 0.5) is 0 Å². The highest BCUT2D eigenvalue weighted by Gasteiger charge is 2.10. The topological polar surface area (TPSA) is 54.3 Å². The minimum absolute atomic E-state index is 0.0318. The molecule has 1 aromatic rings. The Morgan fingerprint density at radius 2 is 2.18 bits per heavy atom. The van der Waals surface area contributed by atoms with Crippen LogP contribution >= 0.6 is 0 Å². The maximum absolute atomic E-state index is 11.6. The van der Waals surface area contributed by atoms with E-state index in [1.165, 1.54) is 0 Å². The first-order chi connectivity index (χ1) is 8.11. The molecule has 0 aromatic carbocycles. The van der Waals surface area contributed by atoms with Crippen LogP contribution in [0.25, 0.3) is 0 Å². The summed E-state index contributed by atoms with van der Waals surface area (Å²) < 4.78 is 5.23. The van der Waals surface area contributed by atoms with Crippen LogP contribution in [0.1, 0.15) is 33.0 Å². The molecule has 1 aromatic heterocycles. The van der Waals surface area contributed by atoms with Crippen LogP contribution in [0, 0.1) is 0 Å². The third-order valence-electron chi connectivity index (χ3n) is 2.72. The molecule has 0 aliphatic carbocycles. The zero-order valence-electron chi connectivity index (χ0n) is 10.8. The second kappa shape index (κ2) is 7.12. The molecular weight excluding hydrogens is 216 g/mol. The van der Waals surface area contributed by atoms with Gasteiger partial charge in [0.25, 0.3) is 0 Å². The molecule has 0 aliphatic heterocycles. The predicted octanol–water partition coefficient (Wildman–Crippen LogP) is 1.71. The van der Waals surface area contributed by atoms with E-state index >= 15 is 0 Å². The lowest BCUT2D eigenvalue weighted by Crippen LogP contribution is -2.42. The highest BCUT2D eigenvalue weighted by atomic mass is 16.3. The van der Waals surface area contributed by atoms with E-state index < -0.39 is 0 Å². The summed E-state index contributed by atoms with van der Waals surface area (Å²) in [5.41, 5.74) is 0. The zero-order valence-corrected chi connectivity index (χ0v) is 10.8. The lowest BCUT2D eigenvalue weighted by atomic mass is 10.2. The zero-order chi connectivity index (χ0) is 12.7. The van der Waals surface area contributed by atoms with E-state index in [4.69, 9.17) is 4.42 Å². The maximum Gasteiger partial charge on any atom is 0.234 e. The van der Waals surface area contributed by atoms with Crippen LogP contribution in [-0.2, 0) is 11.2 Å². The van der Waals surface area contributed by atoms with Gasteiger partial charge in [0.05, 0.1) is 12.8 Å². The Morgan fingerprint density at radius 1 is 1.41 bits per heavy atom. The number of carbonyl (C=O) groups is 1. The van der Waals surface area contributed by atoms with E-state index in [0.29, 0.717) is 12.6 Å². The summed E-state index contributed by atoms with van der Waals surface area (Å²) in [5, 5.41) is 6.10. The van der Waals surface area contributed by atoms with Crippen LogP contribution in [0.2, 0.25) is 0 Å². The molecule has 17 heavy (non-hydrogen) atoms. The molecule has 2 atom stereocenters. The van der Waals surface area contributed by atoms with Crippen molar-refractivity contribution in [2.45, 2.75) is 45.7 Å². The van der Waals surface area contributed by atoms with Gasteiger partial charge in [-0.3, -0.25) is 4.79 Å². The van der Waals surface area contributed by atoms with Crippen LogP contribution in [0.3, 0.4) is 0 Å². The van der Waals surface area contributed by atoms with E-state index in [1.807, 2.05) is 19.1 Å². The molecule has 4 heteroatoms. The van der Waals surface area contributed by atoms with Crippen molar-refractivity contribution in [1.29, 1.82) is 0 Å². The van der Waals surface area contributed by atoms with E-state index in [9.17, 15) is 4.79 Å². The smallest absolute Gasteiger partial charge is 0.234 e. The SMILES string of the molecule is CCC(C)NCC(=O)NC(C)Cc1ccco1. The Balaban J connectivity index is 2.21. The van der Waals surface area contributed by atoms with Gasteiger partial charge >= 0.3 is 0 Å². The molecule has 1 heterocycles. The van der Waals surface area contributed by atoms with Crippen molar-refractivity contribution in [3.8, 4) is 0 Å². The third-order valence-corrected chi connectivity index (χ3v) is 2.72. The lowest BCUT2D eigenvalue weighted by molar-refractivity contribution is -0.120. The third kappa shape index (κ3) is 5.54. The molecule has 0 fully saturated rings. The second-order valence-corrected chi connectivity index (χ2v) is 4.44. The van der Waals surface area contributed by atoms with Crippen LogP contribution in [0.5, 0.6) is 0 Å². The van der Waals surface area contributed by atoms with Gasteiger partial charge in [-0.1, -0.05) is 6.92 Å². The minimum atomic E-state index is 0.0318. The van der Waals surface area contributed by atoms with E-state index in [0.717, 1.165) is 18.6 Å². The summed E-state index contributed by atoms with van der Waals surface area (Å²) >= 11 is 0. The van der Waals surface area contributed by atoms with Crippen molar-refractivity contribution in [3.63, 3.8) is 0 Å². The summed E-state index contributed by atoms with van der Waals surface area (Å²) in [6.45, 7) is 6.51. The number of nitrogens with one attached hydrogen (secondary N) is 2. The van der Waals surface area contributed by atoms with Crippen LogP contribution < -0.4 is 10.6 Å². The number of rotatable bonds is 7. The van der Waals surface area contributed by atoms with Gasteiger partial charge in [-0.25, -0.2) is 0 Å². The molecule has 96 valence electrons. The molecule has 0 saturated heterocycles. The average molecular weight is 238 g/mol. The Kier molecular flexibility index (Phi) is 5.77. The lowest BCUT2D eigenvalue weighted by Gasteiger charge is -2.15. The Bertz CT molecular complexity index is 322. The number of amides is 1. The largest absolute Gasteiger partial charge is 0.469 e. The molecule has 0 saturated carbocycles.